The molecule has 0 saturated carbocycles. The Hall–Kier alpha value is -1.42. The zero-order valence-electron chi connectivity index (χ0n) is 9.28. The Labute approximate surface area is 98.7 Å². The van der Waals surface area contributed by atoms with Crippen LogP contribution in [0, 0.1) is 0 Å². The van der Waals surface area contributed by atoms with E-state index in [1.807, 2.05) is 0 Å². The van der Waals surface area contributed by atoms with E-state index in [0.717, 1.165) is 0 Å². The predicted octanol–water partition coefficient (Wildman–Crippen LogP) is 2.55. The fraction of sp³-hybridized carbons (Fsp3) is 0.364. The molecule has 0 amide bonds. The highest BCUT2D eigenvalue weighted by atomic mass is 35.5. The number of aliphatic carboxylic acids is 1. The maximum absolute atomic E-state index is 10.9. The van der Waals surface area contributed by atoms with Gasteiger partial charge in [-0.2, -0.15) is 0 Å². The van der Waals surface area contributed by atoms with Crippen LogP contribution in [0.4, 0.5) is 0 Å². The van der Waals surface area contributed by atoms with Crippen LogP contribution in [0.2, 0.25) is 5.02 Å². The third-order valence-corrected chi connectivity index (χ3v) is 2.64. The van der Waals surface area contributed by atoms with E-state index in [1.165, 1.54) is 14.2 Å². The van der Waals surface area contributed by atoms with E-state index < -0.39 is 11.9 Å². The second-order valence-corrected chi connectivity index (χ2v) is 3.67. The molecule has 1 aromatic rings. The van der Waals surface area contributed by atoms with Crippen LogP contribution < -0.4 is 9.47 Å². The quantitative estimate of drug-likeness (QED) is 0.884. The SMILES string of the molecule is COc1c(Cl)ccc(C(C)C(=O)O)c1OC. The van der Waals surface area contributed by atoms with Crippen LogP contribution in [0.3, 0.4) is 0 Å². The van der Waals surface area contributed by atoms with E-state index in [0.29, 0.717) is 22.1 Å². The summed E-state index contributed by atoms with van der Waals surface area (Å²) in [5.74, 6) is -0.886. The molecule has 1 unspecified atom stereocenters. The van der Waals surface area contributed by atoms with Crippen LogP contribution in [0.25, 0.3) is 0 Å². The van der Waals surface area contributed by atoms with Crippen molar-refractivity contribution in [1.82, 2.24) is 0 Å². The summed E-state index contributed by atoms with van der Waals surface area (Å²) in [4.78, 5) is 10.9. The summed E-state index contributed by atoms with van der Waals surface area (Å²) in [5.41, 5.74) is 0.538. The largest absolute Gasteiger partial charge is 0.492 e. The van der Waals surface area contributed by atoms with Crippen LogP contribution in [-0.2, 0) is 4.79 Å². The molecule has 1 rings (SSSR count). The molecule has 0 bridgehead atoms. The summed E-state index contributed by atoms with van der Waals surface area (Å²) in [5, 5.41) is 9.35. The fourth-order valence-electron chi connectivity index (χ4n) is 1.43. The fourth-order valence-corrected chi connectivity index (χ4v) is 1.65. The van der Waals surface area contributed by atoms with E-state index in [2.05, 4.69) is 0 Å². The number of hydrogen-bond donors (Lipinski definition) is 1. The minimum atomic E-state index is -0.928. The molecule has 0 aliphatic carbocycles. The molecule has 0 aliphatic rings. The number of hydrogen-bond acceptors (Lipinski definition) is 3. The first-order valence-electron chi connectivity index (χ1n) is 4.66. The van der Waals surface area contributed by atoms with E-state index in [9.17, 15) is 4.79 Å². The van der Waals surface area contributed by atoms with Crippen molar-refractivity contribution in [2.45, 2.75) is 12.8 Å². The zero-order chi connectivity index (χ0) is 12.3. The molecule has 1 aromatic carbocycles. The minimum Gasteiger partial charge on any atom is -0.492 e. The van der Waals surface area contributed by atoms with Crippen molar-refractivity contribution in [3.05, 3.63) is 22.7 Å². The summed E-state index contributed by atoms with van der Waals surface area (Å²) < 4.78 is 10.2. The van der Waals surface area contributed by atoms with Gasteiger partial charge in [-0.15, -0.1) is 0 Å². The van der Waals surface area contributed by atoms with Crippen LogP contribution in [0.1, 0.15) is 18.4 Å². The van der Waals surface area contributed by atoms with Gasteiger partial charge in [0.1, 0.15) is 0 Å². The molecule has 0 heterocycles. The van der Waals surface area contributed by atoms with Gasteiger partial charge < -0.3 is 14.6 Å². The molecule has 0 fully saturated rings. The molecule has 1 atom stereocenters. The number of carboxylic acid groups (broad SMARTS) is 1. The van der Waals surface area contributed by atoms with Gasteiger partial charge in [-0.1, -0.05) is 17.7 Å². The van der Waals surface area contributed by atoms with Gasteiger partial charge >= 0.3 is 5.97 Å². The van der Waals surface area contributed by atoms with Gasteiger partial charge in [0, 0.05) is 5.56 Å². The van der Waals surface area contributed by atoms with Crippen molar-refractivity contribution >= 4 is 17.6 Å². The molecule has 1 N–H and O–H groups in total. The highest BCUT2D eigenvalue weighted by Crippen LogP contribution is 2.40. The summed E-state index contributed by atoms with van der Waals surface area (Å²) in [6.45, 7) is 1.58. The van der Waals surface area contributed by atoms with Gasteiger partial charge in [-0.3, -0.25) is 4.79 Å². The lowest BCUT2D eigenvalue weighted by atomic mass is 10.00. The van der Waals surface area contributed by atoms with E-state index >= 15 is 0 Å². The molecule has 0 radical (unpaired) electrons. The Morgan fingerprint density at radius 2 is 1.88 bits per heavy atom. The lowest BCUT2D eigenvalue weighted by Crippen LogP contribution is -2.09. The summed E-state index contributed by atoms with van der Waals surface area (Å²) >= 11 is 5.91. The van der Waals surface area contributed by atoms with Crippen molar-refractivity contribution in [1.29, 1.82) is 0 Å². The maximum Gasteiger partial charge on any atom is 0.310 e. The van der Waals surface area contributed by atoms with Gasteiger partial charge in [-0.05, 0) is 13.0 Å². The van der Waals surface area contributed by atoms with Crippen molar-refractivity contribution < 1.29 is 19.4 Å². The Morgan fingerprint density at radius 1 is 1.31 bits per heavy atom. The van der Waals surface area contributed by atoms with Crippen LogP contribution in [0.5, 0.6) is 11.5 Å². The Morgan fingerprint density at radius 3 is 2.31 bits per heavy atom. The molecular formula is C11H13ClO4. The molecule has 16 heavy (non-hydrogen) atoms. The number of carbonyl (C=O) groups is 1. The van der Waals surface area contributed by atoms with Crippen LogP contribution in [0.15, 0.2) is 12.1 Å². The molecule has 88 valence electrons. The van der Waals surface area contributed by atoms with Crippen LogP contribution >= 0.6 is 11.6 Å². The van der Waals surface area contributed by atoms with Crippen molar-refractivity contribution in [3.8, 4) is 11.5 Å². The number of methoxy groups -OCH3 is 2. The normalized spacial score (nSPS) is 12.0. The number of halogens is 1. The molecule has 5 heteroatoms. The first-order valence-corrected chi connectivity index (χ1v) is 5.03. The molecule has 4 nitrogen and oxygen atoms in total. The van der Waals surface area contributed by atoms with Gasteiger partial charge in [-0.25, -0.2) is 0 Å². The number of ether oxygens (including phenoxy) is 2. The highest BCUT2D eigenvalue weighted by molar-refractivity contribution is 6.32. The third-order valence-electron chi connectivity index (χ3n) is 2.34. The highest BCUT2D eigenvalue weighted by Gasteiger charge is 2.22. The van der Waals surface area contributed by atoms with Gasteiger partial charge in [0.25, 0.3) is 0 Å². The Kier molecular flexibility index (Phi) is 4.01. The number of benzene rings is 1. The molecule has 0 aliphatic heterocycles. The van der Waals surface area contributed by atoms with E-state index in [-0.39, 0.29) is 0 Å². The average Bonchev–Trinajstić information content (AvgIpc) is 2.27. The molecular weight excluding hydrogens is 232 g/mol. The predicted molar refractivity (Wildman–Crippen MR) is 60.6 cm³/mol. The second-order valence-electron chi connectivity index (χ2n) is 3.26. The summed E-state index contributed by atoms with van der Waals surface area (Å²) in [6, 6.07) is 3.22. The third kappa shape index (κ3) is 2.22. The first kappa shape index (κ1) is 12.6. The zero-order valence-corrected chi connectivity index (χ0v) is 10.0. The molecule has 0 saturated heterocycles. The van der Waals surface area contributed by atoms with Crippen molar-refractivity contribution in [2.24, 2.45) is 0 Å². The number of carboxylic acids is 1. The molecule has 0 spiro atoms. The topological polar surface area (TPSA) is 55.8 Å². The smallest absolute Gasteiger partial charge is 0.310 e. The van der Waals surface area contributed by atoms with E-state index in [1.54, 1.807) is 19.1 Å². The number of rotatable bonds is 4. The first-order chi connectivity index (χ1) is 7.52. The summed E-state index contributed by atoms with van der Waals surface area (Å²) in [6.07, 6.45) is 0. The van der Waals surface area contributed by atoms with Crippen molar-refractivity contribution in [3.63, 3.8) is 0 Å². The monoisotopic (exact) mass is 244 g/mol. The Bertz CT molecular complexity index is 403. The minimum absolute atomic E-state index is 0.356. The van der Waals surface area contributed by atoms with Gasteiger partial charge in [0.15, 0.2) is 11.5 Å². The maximum atomic E-state index is 10.9. The van der Waals surface area contributed by atoms with Gasteiger partial charge in [0.2, 0.25) is 0 Å². The molecule has 0 aromatic heterocycles. The standard InChI is InChI=1S/C11H13ClO4/c1-6(11(13)14)7-4-5-8(12)10(16-3)9(7)15-2/h4-6H,1-3H3,(H,13,14). The lowest BCUT2D eigenvalue weighted by molar-refractivity contribution is -0.138. The Balaban J connectivity index is 3.35. The van der Waals surface area contributed by atoms with E-state index in [4.69, 9.17) is 26.2 Å². The summed E-state index contributed by atoms with van der Waals surface area (Å²) in [7, 11) is 2.91. The average molecular weight is 245 g/mol. The second kappa shape index (κ2) is 5.07. The van der Waals surface area contributed by atoms with Crippen LogP contribution in [-0.4, -0.2) is 25.3 Å². The lowest BCUT2D eigenvalue weighted by Gasteiger charge is -2.16. The van der Waals surface area contributed by atoms with Crippen molar-refractivity contribution in [2.75, 3.05) is 14.2 Å². The van der Waals surface area contributed by atoms with Gasteiger partial charge in [0.05, 0.1) is 25.2 Å².